The van der Waals surface area contributed by atoms with Gasteiger partial charge < -0.3 is 14.2 Å². The van der Waals surface area contributed by atoms with Crippen molar-refractivity contribution in [1.82, 2.24) is 0 Å². The lowest BCUT2D eigenvalue weighted by atomic mass is 10.1. The molecule has 6 heteroatoms. The molecule has 0 aromatic carbocycles. The number of carbonyl (C=O) groups is 3. The Balaban J connectivity index is 4.60. The molecule has 0 rings (SSSR count). The summed E-state index contributed by atoms with van der Waals surface area (Å²) < 4.78 is 16.8. The van der Waals surface area contributed by atoms with Gasteiger partial charge in [0.15, 0.2) is 6.10 Å². The maximum atomic E-state index is 12.9. The van der Waals surface area contributed by atoms with Crippen LogP contribution in [0.4, 0.5) is 0 Å². The zero-order valence-electron chi connectivity index (χ0n) is 48.9. The summed E-state index contributed by atoms with van der Waals surface area (Å²) in [5.74, 6) is -1.01. The fourth-order valence-electron chi connectivity index (χ4n) is 7.46. The molecule has 0 aliphatic rings. The molecule has 0 amide bonds. The van der Waals surface area contributed by atoms with Crippen LogP contribution >= 0.6 is 0 Å². The summed E-state index contributed by atoms with van der Waals surface area (Å²) in [5.41, 5.74) is 0. The zero-order chi connectivity index (χ0) is 55.7. The van der Waals surface area contributed by atoms with Crippen molar-refractivity contribution in [3.05, 3.63) is 182 Å². The summed E-state index contributed by atoms with van der Waals surface area (Å²) >= 11 is 0. The van der Waals surface area contributed by atoms with Crippen LogP contribution in [0.3, 0.4) is 0 Å². The van der Waals surface area contributed by atoms with Gasteiger partial charge in [-0.25, -0.2) is 0 Å². The van der Waals surface area contributed by atoms with Gasteiger partial charge in [0.05, 0.1) is 0 Å². The highest BCUT2D eigenvalue weighted by atomic mass is 16.6. The third kappa shape index (κ3) is 61.2. The van der Waals surface area contributed by atoms with E-state index in [2.05, 4.69) is 203 Å². The summed E-state index contributed by atoms with van der Waals surface area (Å²) in [7, 11) is 0. The average Bonchev–Trinajstić information content (AvgIpc) is 3.43. The van der Waals surface area contributed by atoms with Crippen molar-refractivity contribution in [1.29, 1.82) is 0 Å². The highest BCUT2D eigenvalue weighted by molar-refractivity contribution is 5.71. The highest BCUT2D eigenvalue weighted by Gasteiger charge is 2.19. The molecule has 0 aromatic rings. The Hall–Kier alpha value is -5.49. The summed E-state index contributed by atoms with van der Waals surface area (Å²) in [4.78, 5) is 38.3. The first kappa shape index (κ1) is 71.5. The Morgan fingerprint density at radius 3 is 0.740 bits per heavy atom. The molecule has 0 fully saturated rings. The fourth-order valence-corrected chi connectivity index (χ4v) is 7.46. The molecule has 0 spiro atoms. The van der Waals surface area contributed by atoms with Gasteiger partial charge in [0.1, 0.15) is 13.2 Å². The number of hydrogen-bond acceptors (Lipinski definition) is 6. The Kier molecular flexibility index (Phi) is 58.6. The number of esters is 3. The van der Waals surface area contributed by atoms with Crippen molar-refractivity contribution < 1.29 is 28.6 Å². The minimum Gasteiger partial charge on any atom is -0.462 e. The van der Waals surface area contributed by atoms with Crippen LogP contribution in [0.1, 0.15) is 226 Å². The molecule has 0 aliphatic heterocycles. The Bertz CT molecular complexity index is 1840. The predicted octanol–water partition coefficient (Wildman–Crippen LogP) is 20.9. The van der Waals surface area contributed by atoms with E-state index in [0.717, 1.165) is 180 Å². The van der Waals surface area contributed by atoms with E-state index in [1.807, 2.05) is 0 Å². The van der Waals surface area contributed by atoms with Crippen LogP contribution in [-0.4, -0.2) is 37.2 Å². The molecular formula is C71H108O6. The van der Waals surface area contributed by atoms with E-state index >= 15 is 0 Å². The summed E-state index contributed by atoms with van der Waals surface area (Å²) in [6, 6.07) is 0. The van der Waals surface area contributed by atoms with E-state index in [1.165, 1.54) is 0 Å². The second-order valence-corrected chi connectivity index (χ2v) is 19.1. The first-order valence-corrected chi connectivity index (χ1v) is 30.3. The van der Waals surface area contributed by atoms with Gasteiger partial charge in [0.2, 0.25) is 0 Å². The van der Waals surface area contributed by atoms with Crippen LogP contribution in [0.15, 0.2) is 182 Å². The van der Waals surface area contributed by atoms with E-state index in [-0.39, 0.29) is 37.5 Å². The normalized spacial score (nSPS) is 13.4. The molecule has 1 atom stereocenters. The predicted molar refractivity (Wildman–Crippen MR) is 334 cm³/mol. The van der Waals surface area contributed by atoms with Gasteiger partial charge >= 0.3 is 17.9 Å². The smallest absolute Gasteiger partial charge is 0.306 e. The third-order valence-corrected chi connectivity index (χ3v) is 11.9. The Morgan fingerprint density at radius 1 is 0.260 bits per heavy atom. The maximum Gasteiger partial charge on any atom is 0.306 e. The standard InChI is InChI=1S/C71H108O6/c1-4-7-10-13-16-19-22-25-28-31-34-35-38-40-43-46-49-52-55-58-61-64-70(73)76-67-68(77-71(74)65-62-59-56-53-50-47-44-41-37-33-30-27-24-21-18-15-12-9-6-3)66-75-69(72)63-60-57-54-51-48-45-42-39-36-32-29-26-23-20-17-14-11-8-5-2/h7-12,16-21,25-30,34-37,39-41,43,45,47-48,50,68H,4-6,13-15,22-24,31-33,38,42,44,46,49,51-67H2,1-3H3/b10-7-,11-8-,12-9-,19-16-,20-17-,21-18-,28-25-,29-26-,30-27-,35-34-,39-36-,41-37-,43-40-,48-45-,50-47-. The minimum absolute atomic E-state index is 0.123. The lowest BCUT2D eigenvalue weighted by Crippen LogP contribution is -2.30. The molecule has 0 saturated carbocycles. The van der Waals surface area contributed by atoms with Gasteiger partial charge in [0, 0.05) is 19.3 Å². The summed E-state index contributed by atoms with van der Waals surface area (Å²) in [5, 5.41) is 0. The molecule has 428 valence electrons. The fraction of sp³-hybridized carbons (Fsp3) is 0.535. The number of carbonyl (C=O) groups excluding carboxylic acids is 3. The number of ether oxygens (including phenoxy) is 3. The van der Waals surface area contributed by atoms with Crippen LogP contribution in [0.25, 0.3) is 0 Å². The molecule has 0 N–H and O–H groups in total. The lowest BCUT2D eigenvalue weighted by molar-refractivity contribution is -0.167. The molecule has 0 saturated heterocycles. The van der Waals surface area contributed by atoms with Crippen LogP contribution in [0.5, 0.6) is 0 Å². The number of rotatable bonds is 52. The maximum absolute atomic E-state index is 12.9. The Labute approximate surface area is 472 Å². The topological polar surface area (TPSA) is 78.9 Å². The number of unbranched alkanes of at least 4 members (excludes halogenated alkanes) is 11. The number of hydrogen-bond donors (Lipinski definition) is 0. The summed E-state index contributed by atoms with van der Waals surface area (Å²) in [6.07, 6.45) is 94.5. The third-order valence-electron chi connectivity index (χ3n) is 11.9. The molecule has 0 aromatic heterocycles. The van der Waals surface area contributed by atoms with E-state index in [4.69, 9.17) is 14.2 Å². The van der Waals surface area contributed by atoms with Crippen LogP contribution in [0.2, 0.25) is 0 Å². The molecule has 1 unspecified atom stereocenters. The molecule has 0 aliphatic carbocycles. The molecule has 0 radical (unpaired) electrons. The lowest BCUT2D eigenvalue weighted by Gasteiger charge is -2.18. The SMILES string of the molecule is CC/C=C\C/C=C\C/C=C\C/C=C\C/C=C\CCCCCCCC(=O)OCC(COC(=O)CCCCC/C=C\C/C=C\C/C=C\C/C=C\C/C=C\CC)OC(=O)CCCCC/C=C\C/C=C\C/C=C\C/C=C\C/C=C\CC. The average molecular weight is 1060 g/mol. The second kappa shape index (κ2) is 63.0. The molecule has 0 heterocycles. The van der Waals surface area contributed by atoms with Crippen molar-refractivity contribution in [2.45, 2.75) is 232 Å². The summed E-state index contributed by atoms with van der Waals surface area (Å²) in [6.45, 7) is 6.21. The first-order chi connectivity index (χ1) is 38.0. The van der Waals surface area contributed by atoms with Crippen molar-refractivity contribution in [2.24, 2.45) is 0 Å². The van der Waals surface area contributed by atoms with E-state index < -0.39 is 6.10 Å². The molecule has 77 heavy (non-hydrogen) atoms. The molecular weight excluding hydrogens is 949 g/mol. The quantitative estimate of drug-likeness (QED) is 0.0261. The van der Waals surface area contributed by atoms with Gasteiger partial charge in [-0.15, -0.1) is 0 Å². The van der Waals surface area contributed by atoms with Crippen LogP contribution in [-0.2, 0) is 28.6 Å². The second-order valence-electron chi connectivity index (χ2n) is 19.1. The zero-order valence-corrected chi connectivity index (χ0v) is 48.9. The minimum atomic E-state index is -0.831. The van der Waals surface area contributed by atoms with Crippen molar-refractivity contribution in [3.8, 4) is 0 Å². The van der Waals surface area contributed by atoms with Gasteiger partial charge in [-0.3, -0.25) is 14.4 Å². The van der Waals surface area contributed by atoms with Gasteiger partial charge in [-0.05, 0) is 154 Å². The van der Waals surface area contributed by atoms with E-state index in [9.17, 15) is 14.4 Å². The monoisotopic (exact) mass is 1060 g/mol. The number of allylic oxidation sites excluding steroid dienone is 30. The van der Waals surface area contributed by atoms with Crippen molar-refractivity contribution in [3.63, 3.8) is 0 Å². The van der Waals surface area contributed by atoms with Gasteiger partial charge in [0.25, 0.3) is 0 Å². The first-order valence-electron chi connectivity index (χ1n) is 30.3. The van der Waals surface area contributed by atoms with E-state index in [0.29, 0.717) is 19.3 Å². The molecule has 0 bridgehead atoms. The van der Waals surface area contributed by atoms with Gasteiger partial charge in [-0.2, -0.15) is 0 Å². The van der Waals surface area contributed by atoms with Crippen molar-refractivity contribution >= 4 is 17.9 Å². The highest BCUT2D eigenvalue weighted by Crippen LogP contribution is 2.12. The largest absolute Gasteiger partial charge is 0.462 e. The Morgan fingerprint density at radius 2 is 0.468 bits per heavy atom. The molecule has 6 nitrogen and oxygen atoms in total. The van der Waals surface area contributed by atoms with E-state index in [1.54, 1.807) is 0 Å². The van der Waals surface area contributed by atoms with Gasteiger partial charge in [-0.1, -0.05) is 235 Å². The van der Waals surface area contributed by atoms with Crippen LogP contribution < -0.4 is 0 Å². The van der Waals surface area contributed by atoms with Crippen LogP contribution in [0, 0.1) is 0 Å². The van der Waals surface area contributed by atoms with Crippen molar-refractivity contribution in [2.75, 3.05) is 13.2 Å².